The first-order valence-electron chi connectivity index (χ1n) is 5.10. The van der Waals surface area contributed by atoms with Crippen LogP contribution < -0.4 is 5.32 Å². The van der Waals surface area contributed by atoms with E-state index >= 15 is 0 Å². The van der Waals surface area contributed by atoms with Crippen molar-refractivity contribution in [2.75, 3.05) is 13.1 Å². The lowest BCUT2D eigenvalue weighted by atomic mass is 9.92. The van der Waals surface area contributed by atoms with Crippen LogP contribution >= 0.6 is 0 Å². The minimum absolute atomic E-state index is 0.193. The van der Waals surface area contributed by atoms with E-state index in [0.717, 1.165) is 25.9 Å². The van der Waals surface area contributed by atoms with Gasteiger partial charge < -0.3 is 14.9 Å². The second-order valence-corrected chi connectivity index (χ2v) is 3.84. The maximum absolute atomic E-state index is 11.0. The number of hydrogen-bond acceptors (Lipinski definition) is 4. The lowest BCUT2D eigenvalue weighted by molar-refractivity contribution is 0.0692. The number of carbonyl (C=O) groups is 1. The Balaban J connectivity index is 2.30. The fraction of sp³-hybridized carbons (Fsp3) is 0.600. The number of nitrogens with zero attached hydrogens (tertiary/aromatic N) is 1. The van der Waals surface area contributed by atoms with Gasteiger partial charge in [-0.05, 0) is 32.9 Å². The van der Waals surface area contributed by atoms with Crippen molar-refractivity contribution in [3.63, 3.8) is 0 Å². The molecule has 5 heteroatoms. The summed E-state index contributed by atoms with van der Waals surface area (Å²) in [5.74, 6) is -0.206. The molecule has 5 nitrogen and oxygen atoms in total. The molecule has 0 bridgehead atoms. The molecular formula is C10H14N2O3. The highest BCUT2D eigenvalue weighted by atomic mass is 16.5. The third kappa shape index (κ3) is 1.87. The van der Waals surface area contributed by atoms with Crippen LogP contribution in [0, 0.1) is 6.92 Å². The molecule has 1 aliphatic rings. The van der Waals surface area contributed by atoms with Gasteiger partial charge in [0.2, 0.25) is 0 Å². The van der Waals surface area contributed by atoms with Crippen molar-refractivity contribution in [2.45, 2.75) is 25.7 Å². The van der Waals surface area contributed by atoms with Crippen molar-refractivity contribution in [2.24, 2.45) is 0 Å². The fourth-order valence-electron chi connectivity index (χ4n) is 2.01. The van der Waals surface area contributed by atoms with E-state index in [0.29, 0.717) is 11.5 Å². The van der Waals surface area contributed by atoms with E-state index < -0.39 is 5.97 Å². The number of aryl methyl sites for hydroxylation is 1. The predicted molar refractivity (Wildman–Crippen MR) is 53.0 cm³/mol. The minimum atomic E-state index is -0.942. The van der Waals surface area contributed by atoms with Crippen LogP contribution in [0.4, 0.5) is 0 Å². The highest BCUT2D eigenvalue weighted by Gasteiger charge is 2.27. The third-order valence-electron chi connectivity index (χ3n) is 2.81. The number of carboxylic acid groups (broad SMARTS) is 1. The van der Waals surface area contributed by atoms with Gasteiger partial charge in [-0.3, -0.25) is 0 Å². The molecule has 1 aliphatic heterocycles. The van der Waals surface area contributed by atoms with Gasteiger partial charge in [-0.25, -0.2) is 4.79 Å². The van der Waals surface area contributed by atoms with Crippen LogP contribution in [0.15, 0.2) is 4.52 Å². The average molecular weight is 210 g/mol. The molecule has 1 saturated heterocycles. The van der Waals surface area contributed by atoms with Crippen molar-refractivity contribution in [1.29, 1.82) is 0 Å². The summed E-state index contributed by atoms with van der Waals surface area (Å²) < 4.78 is 5.14. The van der Waals surface area contributed by atoms with Crippen molar-refractivity contribution in [1.82, 2.24) is 10.5 Å². The van der Waals surface area contributed by atoms with Gasteiger partial charge >= 0.3 is 5.97 Å². The zero-order chi connectivity index (χ0) is 10.8. The summed E-state index contributed by atoms with van der Waals surface area (Å²) in [5, 5.41) is 16.0. The van der Waals surface area contributed by atoms with Gasteiger partial charge in [0.25, 0.3) is 0 Å². The van der Waals surface area contributed by atoms with Crippen molar-refractivity contribution >= 4 is 5.97 Å². The zero-order valence-corrected chi connectivity index (χ0v) is 8.62. The third-order valence-corrected chi connectivity index (χ3v) is 2.81. The van der Waals surface area contributed by atoms with E-state index in [4.69, 9.17) is 9.63 Å². The van der Waals surface area contributed by atoms with E-state index in [9.17, 15) is 4.79 Å². The van der Waals surface area contributed by atoms with Crippen LogP contribution in [0.3, 0.4) is 0 Å². The maximum Gasteiger partial charge on any atom is 0.341 e. The van der Waals surface area contributed by atoms with Crippen LogP contribution in [0.1, 0.15) is 40.6 Å². The summed E-state index contributed by atoms with van der Waals surface area (Å²) in [7, 11) is 0. The van der Waals surface area contributed by atoms with E-state index in [1.54, 1.807) is 6.92 Å². The summed E-state index contributed by atoms with van der Waals surface area (Å²) in [6, 6.07) is 0. The molecule has 1 aromatic heterocycles. The number of carboxylic acids is 1. The Morgan fingerprint density at radius 3 is 2.80 bits per heavy atom. The lowest BCUT2D eigenvalue weighted by Crippen LogP contribution is -2.27. The van der Waals surface area contributed by atoms with Crippen LogP contribution in [0.5, 0.6) is 0 Å². The minimum Gasteiger partial charge on any atom is -0.477 e. The van der Waals surface area contributed by atoms with Gasteiger partial charge in [0.05, 0.1) is 5.69 Å². The predicted octanol–water partition coefficient (Wildman–Crippen LogP) is 1.15. The average Bonchev–Trinajstić information content (AvgIpc) is 2.61. The molecule has 2 rings (SSSR count). The molecular weight excluding hydrogens is 196 g/mol. The summed E-state index contributed by atoms with van der Waals surface area (Å²) >= 11 is 0. The van der Waals surface area contributed by atoms with E-state index in [-0.39, 0.29) is 11.5 Å². The molecule has 0 radical (unpaired) electrons. The molecule has 15 heavy (non-hydrogen) atoms. The molecule has 0 saturated carbocycles. The normalized spacial score (nSPS) is 17.9. The second kappa shape index (κ2) is 4.02. The first-order valence-corrected chi connectivity index (χ1v) is 5.10. The molecule has 0 unspecified atom stereocenters. The van der Waals surface area contributed by atoms with Gasteiger partial charge in [0.15, 0.2) is 5.76 Å². The van der Waals surface area contributed by atoms with E-state index in [1.165, 1.54) is 0 Å². The van der Waals surface area contributed by atoms with Crippen molar-refractivity contribution in [3.05, 3.63) is 17.0 Å². The van der Waals surface area contributed by atoms with E-state index in [1.807, 2.05) is 0 Å². The standard InChI is InChI=1S/C10H14N2O3/c1-6-8(10(13)14)9(15-12-6)7-2-4-11-5-3-7/h7,11H,2-5H2,1H3,(H,13,14). The number of nitrogens with one attached hydrogen (secondary N) is 1. The molecule has 0 aromatic carbocycles. The summed E-state index contributed by atoms with van der Waals surface area (Å²) in [4.78, 5) is 11.0. The Morgan fingerprint density at radius 1 is 1.53 bits per heavy atom. The van der Waals surface area contributed by atoms with Crippen LogP contribution in [0.2, 0.25) is 0 Å². The number of rotatable bonds is 2. The van der Waals surface area contributed by atoms with Gasteiger partial charge in [0.1, 0.15) is 5.56 Å². The van der Waals surface area contributed by atoms with Gasteiger partial charge in [-0.1, -0.05) is 5.16 Å². The molecule has 1 aromatic rings. The van der Waals surface area contributed by atoms with Crippen molar-refractivity contribution in [3.8, 4) is 0 Å². The number of aromatic nitrogens is 1. The molecule has 1 fully saturated rings. The van der Waals surface area contributed by atoms with E-state index in [2.05, 4.69) is 10.5 Å². The Bertz CT molecular complexity index is 367. The van der Waals surface area contributed by atoms with Gasteiger partial charge in [-0.15, -0.1) is 0 Å². The topological polar surface area (TPSA) is 75.4 Å². The summed E-state index contributed by atoms with van der Waals surface area (Å²) in [6.45, 7) is 3.48. The van der Waals surface area contributed by atoms with Crippen LogP contribution in [0.25, 0.3) is 0 Å². The Hall–Kier alpha value is -1.36. The largest absolute Gasteiger partial charge is 0.477 e. The Labute approximate surface area is 87.5 Å². The summed E-state index contributed by atoms with van der Waals surface area (Å²) in [5.41, 5.74) is 0.720. The second-order valence-electron chi connectivity index (χ2n) is 3.84. The quantitative estimate of drug-likeness (QED) is 0.765. The van der Waals surface area contributed by atoms with Gasteiger partial charge in [-0.2, -0.15) is 0 Å². The Morgan fingerprint density at radius 2 is 2.20 bits per heavy atom. The first kappa shape index (κ1) is 10.2. The van der Waals surface area contributed by atoms with Gasteiger partial charge in [0, 0.05) is 5.92 Å². The SMILES string of the molecule is Cc1noc(C2CCNCC2)c1C(=O)O. The molecule has 82 valence electrons. The molecule has 0 spiro atoms. The van der Waals surface area contributed by atoms with Crippen LogP contribution in [-0.2, 0) is 0 Å². The molecule has 0 amide bonds. The summed E-state index contributed by atoms with van der Waals surface area (Å²) in [6.07, 6.45) is 1.82. The maximum atomic E-state index is 11.0. The smallest absolute Gasteiger partial charge is 0.341 e. The van der Waals surface area contributed by atoms with Crippen molar-refractivity contribution < 1.29 is 14.4 Å². The molecule has 0 atom stereocenters. The number of piperidine rings is 1. The molecule has 0 aliphatic carbocycles. The fourth-order valence-corrected chi connectivity index (χ4v) is 2.01. The Kier molecular flexibility index (Phi) is 2.73. The first-order chi connectivity index (χ1) is 7.20. The monoisotopic (exact) mass is 210 g/mol. The number of aromatic carboxylic acids is 1. The highest BCUT2D eigenvalue weighted by Crippen LogP contribution is 2.29. The molecule has 2 N–H and O–H groups in total. The highest BCUT2D eigenvalue weighted by molar-refractivity contribution is 5.90. The van der Waals surface area contributed by atoms with Crippen LogP contribution in [-0.4, -0.2) is 29.3 Å². The zero-order valence-electron chi connectivity index (χ0n) is 8.62. The molecule has 2 heterocycles. The number of hydrogen-bond donors (Lipinski definition) is 2. The lowest BCUT2D eigenvalue weighted by Gasteiger charge is -2.20.